The Bertz CT molecular complexity index is 3520. The topological polar surface area (TPSA) is 35.0 Å². The molecule has 11 aromatic rings. The van der Waals surface area contributed by atoms with Gasteiger partial charge in [-0.25, -0.2) is 9.97 Å². The highest BCUT2D eigenvalue weighted by Crippen LogP contribution is 2.62. The van der Waals surface area contributed by atoms with Crippen molar-refractivity contribution < 1.29 is 4.74 Å². The van der Waals surface area contributed by atoms with Gasteiger partial charge in [0, 0.05) is 32.3 Å². The minimum absolute atomic E-state index is 0.515. The summed E-state index contributed by atoms with van der Waals surface area (Å²) in [4.78, 5) is 10.9. The first kappa shape index (κ1) is 34.2. The molecule has 2 aromatic heterocycles. The van der Waals surface area contributed by atoms with Crippen LogP contribution in [0.25, 0.3) is 87.1 Å². The van der Waals surface area contributed by atoms with E-state index in [4.69, 9.17) is 14.7 Å². The summed E-state index contributed by atoms with van der Waals surface area (Å²) in [5.74, 6) is 2.51. The zero-order chi connectivity index (χ0) is 40.1. The number of para-hydroxylation sites is 2. The van der Waals surface area contributed by atoms with Crippen LogP contribution >= 0.6 is 11.3 Å². The molecule has 1 aliphatic carbocycles. The third kappa shape index (κ3) is 4.97. The van der Waals surface area contributed by atoms with Crippen molar-refractivity contribution in [2.24, 2.45) is 0 Å². The van der Waals surface area contributed by atoms with Crippen molar-refractivity contribution in [3.05, 3.63) is 229 Å². The number of fused-ring (bicyclic) bond motifs is 14. The van der Waals surface area contributed by atoms with Crippen molar-refractivity contribution in [3.8, 4) is 67.5 Å². The van der Waals surface area contributed by atoms with Crippen LogP contribution in [0.2, 0.25) is 0 Å². The Morgan fingerprint density at radius 3 is 1.75 bits per heavy atom. The van der Waals surface area contributed by atoms with E-state index in [0.717, 1.165) is 71.7 Å². The molecule has 0 bridgehead atoms. The molecule has 61 heavy (non-hydrogen) atoms. The highest BCUT2D eigenvalue weighted by molar-refractivity contribution is 7.27. The van der Waals surface area contributed by atoms with Gasteiger partial charge in [-0.15, -0.1) is 11.3 Å². The lowest BCUT2D eigenvalue weighted by atomic mass is 9.66. The van der Waals surface area contributed by atoms with E-state index in [9.17, 15) is 0 Å². The summed E-state index contributed by atoms with van der Waals surface area (Å²) in [6.45, 7) is 0. The molecule has 0 atom stereocenters. The highest BCUT2D eigenvalue weighted by atomic mass is 32.1. The quantitative estimate of drug-likeness (QED) is 0.178. The van der Waals surface area contributed by atoms with Crippen molar-refractivity contribution in [1.82, 2.24) is 9.97 Å². The van der Waals surface area contributed by atoms with E-state index in [1.165, 1.54) is 43.3 Å². The summed E-state index contributed by atoms with van der Waals surface area (Å²) in [5, 5.41) is 3.61. The van der Waals surface area contributed by atoms with Crippen LogP contribution in [0, 0.1) is 0 Å². The SMILES string of the molecule is c1ccc(-c2ccc(-c3nc(-c4ccccc4-c4ccc5c(c4)-c4ccccc4C54c5ccccc5Oc5ccccc54)c4sc5c6ccccc6ccc5c4n3)cc2)cc1. The van der Waals surface area contributed by atoms with Gasteiger partial charge in [0.1, 0.15) is 11.5 Å². The third-order valence-electron chi connectivity index (χ3n) is 12.8. The molecule has 9 aromatic carbocycles. The minimum Gasteiger partial charge on any atom is -0.457 e. The number of hydrogen-bond donors (Lipinski definition) is 0. The number of thiophene rings is 1. The molecule has 0 saturated carbocycles. The van der Waals surface area contributed by atoms with Gasteiger partial charge in [-0.3, -0.25) is 0 Å². The molecule has 1 aliphatic heterocycles. The number of nitrogens with zero attached hydrogens (tertiary/aromatic N) is 2. The lowest BCUT2D eigenvalue weighted by Crippen LogP contribution is -2.32. The molecular formula is C57H34N2OS. The standard InChI is InChI=1S/C57H34N2OS/c1-2-14-35(15-3-1)36-26-28-38(29-27-36)56-58-52(55-53(59-56)44-32-30-37-16-4-5-18-41(37)54(44)61-55)43-20-7-6-17-40(43)39-31-33-47-45(34-39)42-19-8-9-21-46(42)57(47)48-22-10-12-24-50(48)60-51-25-13-11-23-49(51)57/h1-34H. The molecule has 3 nitrogen and oxygen atoms in total. The van der Waals surface area contributed by atoms with Crippen LogP contribution < -0.4 is 4.74 Å². The second kappa shape index (κ2) is 13.2. The maximum atomic E-state index is 6.59. The molecule has 0 fully saturated rings. The van der Waals surface area contributed by atoms with Gasteiger partial charge in [-0.2, -0.15) is 0 Å². The first-order valence-corrected chi connectivity index (χ1v) is 21.5. The van der Waals surface area contributed by atoms with Gasteiger partial charge in [-0.05, 0) is 73.5 Å². The number of ether oxygens (including phenoxy) is 1. The van der Waals surface area contributed by atoms with Crippen molar-refractivity contribution in [3.63, 3.8) is 0 Å². The Hall–Kier alpha value is -7.66. The monoisotopic (exact) mass is 794 g/mol. The van der Waals surface area contributed by atoms with E-state index >= 15 is 0 Å². The van der Waals surface area contributed by atoms with Gasteiger partial charge in [0.05, 0.1) is 21.3 Å². The van der Waals surface area contributed by atoms with Gasteiger partial charge in [0.2, 0.25) is 0 Å². The number of benzene rings is 9. The Morgan fingerprint density at radius 1 is 0.377 bits per heavy atom. The molecule has 0 N–H and O–H groups in total. The molecule has 0 saturated heterocycles. The number of aromatic nitrogens is 2. The fraction of sp³-hybridized carbons (Fsp3) is 0.0175. The van der Waals surface area contributed by atoms with Crippen LogP contribution in [0.4, 0.5) is 0 Å². The van der Waals surface area contributed by atoms with Gasteiger partial charge in [0.15, 0.2) is 5.82 Å². The first-order chi connectivity index (χ1) is 30.2. The van der Waals surface area contributed by atoms with Crippen LogP contribution in [0.1, 0.15) is 22.3 Å². The number of hydrogen-bond acceptors (Lipinski definition) is 4. The van der Waals surface area contributed by atoms with Crippen LogP contribution in [-0.4, -0.2) is 9.97 Å². The summed E-state index contributed by atoms with van der Waals surface area (Å²) in [7, 11) is 0. The van der Waals surface area contributed by atoms with Crippen molar-refractivity contribution >= 4 is 42.4 Å². The second-order valence-corrected chi connectivity index (χ2v) is 17.0. The van der Waals surface area contributed by atoms with Crippen molar-refractivity contribution in [2.45, 2.75) is 5.41 Å². The van der Waals surface area contributed by atoms with Crippen LogP contribution in [-0.2, 0) is 5.41 Å². The highest BCUT2D eigenvalue weighted by Gasteiger charge is 2.51. The maximum absolute atomic E-state index is 6.59. The molecule has 4 heteroatoms. The summed E-state index contributed by atoms with van der Waals surface area (Å²) in [6, 6.07) is 74.1. The van der Waals surface area contributed by atoms with Gasteiger partial charge < -0.3 is 4.74 Å². The Balaban J connectivity index is 1.04. The summed E-state index contributed by atoms with van der Waals surface area (Å²) >= 11 is 1.80. The lowest BCUT2D eigenvalue weighted by Gasteiger charge is -2.39. The Morgan fingerprint density at radius 2 is 0.967 bits per heavy atom. The molecule has 284 valence electrons. The zero-order valence-electron chi connectivity index (χ0n) is 32.8. The first-order valence-electron chi connectivity index (χ1n) is 20.7. The molecule has 13 rings (SSSR count). The number of rotatable bonds is 4. The average Bonchev–Trinajstić information content (AvgIpc) is 3.86. The van der Waals surface area contributed by atoms with E-state index in [1.807, 2.05) is 0 Å². The fourth-order valence-electron chi connectivity index (χ4n) is 10.1. The van der Waals surface area contributed by atoms with Crippen molar-refractivity contribution in [1.29, 1.82) is 0 Å². The molecule has 2 aliphatic rings. The third-order valence-corrected chi connectivity index (χ3v) is 14.0. The van der Waals surface area contributed by atoms with Crippen LogP contribution in [0.3, 0.4) is 0 Å². The molecule has 0 unspecified atom stereocenters. The zero-order valence-corrected chi connectivity index (χ0v) is 33.7. The summed E-state index contributed by atoms with van der Waals surface area (Å²) < 4.78 is 8.91. The van der Waals surface area contributed by atoms with E-state index in [0.29, 0.717) is 5.82 Å². The molecule has 0 radical (unpaired) electrons. The predicted molar refractivity (Wildman–Crippen MR) is 252 cm³/mol. The van der Waals surface area contributed by atoms with Gasteiger partial charge in [-0.1, -0.05) is 188 Å². The van der Waals surface area contributed by atoms with Gasteiger partial charge >= 0.3 is 0 Å². The normalized spacial score (nSPS) is 13.2. The second-order valence-electron chi connectivity index (χ2n) is 16.0. The minimum atomic E-state index is -0.515. The Labute approximate surface area is 356 Å². The van der Waals surface area contributed by atoms with E-state index in [1.54, 1.807) is 11.3 Å². The van der Waals surface area contributed by atoms with E-state index in [2.05, 4.69) is 206 Å². The fourth-order valence-corrected chi connectivity index (χ4v) is 11.4. The van der Waals surface area contributed by atoms with Crippen LogP contribution in [0.5, 0.6) is 11.5 Å². The van der Waals surface area contributed by atoms with Crippen LogP contribution in [0.15, 0.2) is 206 Å². The molecular weight excluding hydrogens is 761 g/mol. The average molecular weight is 795 g/mol. The largest absolute Gasteiger partial charge is 0.457 e. The lowest BCUT2D eigenvalue weighted by molar-refractivity contribution is 0.436. The summed E-state index contributed by atoms with van der Waals surface area (Å²) in [6.07, 6.45) is 0. The predicted octanol–water partition coefficient (Wildman–Crippen LogP) is 15.1. The molecule has 3 heterocycles. The van der Waals surface area contributed by atoms with Gasteiger partial charge in [0.25, 0.3) is 0 Å². The smallest absolute Gasteiger partial charge is 0.160 e. The van der Waals surface area contributed by atoms with E-state index in [-0.39, 0.29) is 0 Å². The Kier molecular flexibility index (Phi) is 7.39. The maximum Gasteiger partial charge on any atom is 0.160 e. The molecule has 0 amide bonds. The van der Waals surface area contributed by atoms with Crippen molar-refractivity contribution in [2.75, 3.05) is 0 Å². The van der Waals surface area contributed by atoms with E-state index < -0.39 is 5.41 Å². The molecule has 1 spiro atoms. The summed E-state index contributed by atoms with van der Waals surface area (Å²) in [5.41, 5.74) is 15.4.